The van der Waals surface area contributed by atoms with Crippen molar-refractivity contribution in [2.45, 2.75) is 64.0 Å². The Balaban J connectivity index is 1.79. The van der Waals surface area contributed by atoms with Gasteiger partial charge in [-0.15, -0.1) is 0 Å². The van der Waals surface area contributed by atoms with Crippen LogP contribution in [0.3, 0.4) is 0 Å². The second kappa shape index (κ2) is 7.74. The van der Waals surface area contributed by atoms with Gasteiger partial charge in [-0.1, -0.05) is 19.1 Å². The third-order valence-corrected chi connectivity index (χ3v) is 7.26. The van der Waals surface area contributed by atoms with Gasteiger partial charge >= 0.3 is 7.12 Å². The molecule has 1 aromatic carbocycles. The summed E-state index contributed by atoms with van der Waals surface area (Å²) in [5, 5.41) is 0.754. The van der Waals surface area contributed by atoms with E-state index in [0.717, 1.165) is 29.6 Å². The van der Waals surface area contributed by atoms with E-state index in [9.17, 15) is 0 Å². The summed E-state index contributed by atoms with van der Waals surface area (Å²) in [6.07, 6.45) is 1.24. The van der Waals surface area contributed by atoms with E-state index in [0.29, 0.717) is 0 Å². The Bertz CT molecular complexity index is 621. The maximum absolute atomic E-state index is 6.25. The van der Waals surface area contributed by atoms with E-state index in [-0.39, 0.29) is 11.2 Å². The van der Waals surface area contributed by atoms with Crippen LogP contribution in [-0.4, -0.2) is 54.4 Å². The van der Waals surface area contributed by atoms with Crippen molar-refractivity contribution in [2.24, 2.45) is 0 Å². The molecule has 2 aliphatic heterocycles. The topological polar surface area (TPSA) is 30.9 Å². The first kappa shape index (κ1) is 20.1. The standard InChI is InChI=1S/C20H32BNO3S/c1-7-16-14-22(10-11-26-16)13-15-8-9-18(23-6)17(12-15)21-24-19(2,3)20(4,5)25-21/h8-9,12,16H,7,10-11,13-14H2,1-6H3. The summed E-state index contributed by atoms with van der Waals surface area (Å²) in [6.45, 7) is 13.9. The van der Waals surface area contributed by atoms with Crippen LogP contribution in [-0.2, 0) is 15.9 Å². The Kier molecular flexibility index (Phi) is 5.97. The minimum atomic E-state index is -0.393. The predicted octanol–water partition coefficient (Wildman–Crippen LogP) is 3.32. The maximum atomic E-state index is 6.25. The molecule has 0 aromatic heterocycles. The molecule has 1 aromatic rings. The minimum Gasteiger partial charge on any atom is -0.497 e. The van der Waals surface area contributed by atoms with Crippen molar-refractivity contribution in [3.05, 3.63) is 23.8 Å². The van der Waals surface area contributed by atoms with Crippen LogP contribution in [0.1, 0.15) is 46.6 Å². The summed E-state index contributed by atoms with van der Waals surface area (Å²) in [4.78, 5) is 2.56. The number of ether oxygens (including phenoxy) is 1. The molecule has 0 radical (unpaired) electrons. The fraction of sp³-hybridized carbons (Fsp3) is 0.700. The van der Waals surface area contributed by atoms with Crippen LogP contribution in [0.5, 0.6) is 5.75 Å². The molecule has 0 spiro atoms. The molecule has 3 rings (SSSR count). The van der Waals surface area contributed by atoms with Gasteiger partial charge in [0.1, 0.15) is 5.75 Å². The van der Waals surface area contributed by atoms with Gasteiger partial charge in [-0.2, -0.15) is 11.8 Å². The fourth-order valence-corrected chi connectivity index (χ4v) is 4.71. The third kappa shape index (κ3) is 4.08. The predicted molar refractivity (Wildman–Crippen MR) is 111 cm³/mol. The highest BCUT2D eigenvalue weighted by molar-refractivity contribution is 8.00. The van der Waals surface area contributed by atoms with Crippen molar-refractivity contribution in [2.75, 3.05) is 26.0 Å². The van der Waals surface area contributed by atoms with Gasteiger partial charge in [0.05, 0.1) is 18.3 Å². The molecule has 0 N–H and O–H groups in total. The first-order valence-corrected chi connectivity index (χ1v) is 10.7. The lowest BCUT2D eigenvalue weighted by Crippen LogP contribution is -2.41. The molecule has 2 heterocycles. The summed E-state index contributed by atoms with van der Waals surface area (Å²) in [7, 11) is 1.31. The van der Waals surface area contributed by atoms with Gasteiger partial charge in [0.2, 0.25) is 0 Å². The maximum Gasteiger partial charge on any atom is 0.498 e. The van der Waals surface area contributed by atoms with Crippen LogP contribution in [0, 0.1) is 0 Å². The Morgan fingerprint density at radius 1 is 1.23 bits per heavy atom. The molecule has 1 atom stereocenters. The molecule has 0 aliphatic carbocycles. The van der Waals surface area contributed by atoms with E-state index in [2.05, 4.69) is 63.4 Å². The van der Waals surface area contributed by atoms with Gasteiger partial charge in [-0.3, -0.25) is 4.90 Å². The molecule has 0 amide bonds. The molecule has 26 heavy (non-hydrogen) atoms. The fourth-order valence-electron chi connectivity index (χ4n) is 3.47. The van der Waals surface area contributed by atoms with E-state index in [4.69, 9.17) is 14.0 Å². The Labute approximate surface area is 163 Å². The zero-order chi connectivity index (χ0) is 18.9. The van der Waals surface area contributed by atoms with Crippen molar-refractivity contribution in [1.29, 1.82) is 0 Å². The monoisotopic (exact) mass is 377 g/mol. The summed E-state index contributed by atoms with van der Waals surface area (Å²) >= 11 is 2.10. The SMILES string of the molecule is CCC1CN(Cc2ccc(OC)c(B3OC(C)(C)C(C)(C)O3)c2)CCS1. The van der Waals surface area contributed by atoms with Crippen molar-refractivity contribution < 1.29 is 14.0 Å². The zero-order valence-electron chi connectivity index (χ0n) is 17.0. The van der Waals surface area contributed by atoms with Crippen LogP contribution in [0.2, 0.25) is 0 Å². The lowest BCUT2D eigenvalue weighted by molar-refractivity contribution is 0.00578. The summed E-state index contributed by atoms with van der Waals surface area (Å²) in [5.74, 6) is 2.05. The van der Waals surface area contributed by atoms with Gasteiger partial charge in [-0.05, 0) is 45.7 Å². The number of hydrogen-bond donors (Lipinski definition) is 0. The zero-order valence-corrected chi connectivity index (χ0v) is 17.8. The Morgan fingerprint density at radius 2 is 1.92 bits per heavy atom. The molecule has 0 saturated carbocycles. The second-order valence-corrected chi connectivity index (χ2v) is 9.71. The molecular formula is C20H32BNO3S. The van der Waals surface area contributed by atoms with E-state index in [1.54, 1.807) is 7.11 Å². The quantitative estimate of drug-likeness (QED) is 0.735. The number of benzene rings is 1. The average molecular weight is 377 g/mol. The summed E-state index contributed by atoms with van der Waals surface area (Å²) < 4.78 is 18.1. The number of hydrogen-bond acceptors (Lipinski definition) is 5. The smallest absolute Gasteiger partial charge is 0.497 e. The molecule has 2 saturated heterocycles. The van der Waals surface area contributed by atoms with Crippen LogP contribution in [0.4, 0.5) is 0 Å². The van der Waals surface area contributed by atoms with Crippen molar-refractivity contribution in [3.63, 3.8) is 0 Å². The molecule has 144 valence electrons. The van der Waals surface area contributed by atoms with Gasteiger partial charge in [0.25, 0.3) is 0 Å². The third-order valence-electron chi connectivity index (χ3n) is 5.89. The second-order valence-electron chi connectivity index (χ2n) is 8.30. The summed E-state index contributed by atoms with van der Waals surface area (Å²) in [5.41, 5.74) is 1.58. The average Bonchev–Trinajstić information content (AvgIpc) is 2.82. The van der Waals surface area contributed by atoms with E-state index in [1.807, 2.05) is 6.07 Å². The highest BCUT2D eigenvalue weighted by Crippen LogP contribution is 2.37. The van der Waals surface area contributed by atoms with Gasteiger partial charge in [0, 0.05) is 36.1 Å². The number of nitrogens with zero attached hydrogens (tertiary/aromatic N) is 1. The first-order valence-electron chi connectivity index (χ1n) is 9.62. The van der Waals surface area contributed by atoms with Crippen molar-refractivity contribution in [3.8, 4) is 5.75 Å². The number of thioether (sulfide) groups is 1. The van der Waals surface area contributed by atoms with E-state index in [1.165, 1.54) is 24.3 Å². The molecule has 6 heteroatoms. The Hall–Kier alpha value is -0.685. The molecule has 1 unspecified atom stereocenters. The highest BCUT2D eigenvalue weighted by Gasteiger charge is 2.52. The molecule has 4 nitrogen and oxygen atoms in total. The largest absolute Gasteiger partial charge is 0.498 e. The van der Waals surface area contributed by atoms with E-state index < -0.39 is 7.12 Å². The van der Waals surface area contributed by atoms with Crippen LogP contribution >= 0.6 is 11.8 Å². The van der Waals surface area contributed by atoms with Gasteiger partial charge in [0.15, 0.2) is 0 Å². The summed E-state index contributed by atoms with van der Waals surface area (Å²) in [6, 6.07) is 6.41. The van der Waals surface area contributed by atoms with Gasteiger partial charge in [-0.25, -0.2) is 0 Å². The molecule has 2 fully saturated rings. The minimum absolute atomic E-state index is 0.350. The van der Waals surface area contributed by atoms with Crippen LogP contribution in [0.15, 0.2) is 18.2 Å². The number of rotatable bonds is 5. The first-order chi connectivity index (χ1) is 12.3. The van der Waals surface area contributed by atoms with E-state index >= 15 is 0 Å². The van der Waals surface area contributed by atoms with Crippen molar-refractivity contribution >= 4 is 24.3 Å². The molecule has 0 bridgehead atoms. The van der Waals surface area contributed by atoms with Crippen LogP contribution < -0.4 is 10.2 Å². The lowest BCUT2D eigenvalue weighted by atomic mass is 9.77. The van der Waals surface area contributed by atoms with Crippen molar-refractivity contribution in [1.82, 2.24) is 4.90 Å². The molecular weight excluding hydrogens is 345 g/mol. The highest BCUT2D eigenvalue weighted by atomic mass is 32.2. The Morgan fingerprint density at radius 3 is 2.54 bits per heavy atom. The normalized spacial score (nSPS) is 25.5. The number of methoxy groups -OCH3 is 1. The lowest BCUT2D eigenvalue weighted by Gasteiger charge is -2.32. The van der Waals surface area contributed by atoms with Crippen LogP contribution in [0.25, 0.3) is 0 Å². The van der Waals surface area contributed by atoms with Gasteiger partial charge < -0.3 is 14.0 Å². The molecule has 2 aliphatic rings.